The second kappa shape index (κ2) is 5.41. The highest BCUT2D eigenvalue weighted by Gasteiger charge is 1.93. The van der Waals surface area contributed by atoms with E-state index >= 15 is 0 Å². The van der Waals surface area contributed by atoms with E-state index in [4.69, 9.17) is 0 Å². The fourth-order valence-corrected chi connectivity index (χ4v) is 0.533. The smallest absolute Gasteiger partial charge is 0.167 e. The van der Waals surface area contributed by atoms with Gasteiger partial charge in [0.1, 0.15) is 0 Å². The van der Waals surface area contributed by atoms with Crippen LogP contribution in [0.5, 0.6) is 0 Å². The van der Waals surface area contributed by atoms with Crippen molar-refractivity contribution in [3.63, 3.8) is 0 Å². The molecule has 0 aliphatic carbocycles. The fourth-order valence-electron chi connectivity index (χ4n) is 0.533. The van der Waals surface area contributed by atoms with Crippen LogP contribution in [0.2, 0.25) is 0 Å². The van der Waals surface area contributed by atoms with E-state index in [9.17, 15) is 4.91 Å². The van der Waals surface area contributed by atoms with Crippen LogP contribution in [-0.4, -0.2) is 12.9 Å². The first kappa shape index (κ1) is 8.27. The van der Waals surface area contributed by atoms with Crippen LogP contribution in [0.15, 0.2) is 10.2 Å². The molecule has 3 heteroatoms. The molecular formula is C6H12N2O. The highest BCUT2D eigenvalue weighted by atomic mass is 16.3. The molecule has 0 aromatic carbocycles. The van der Waals surface area contributed by atoms with Crippen LogP contribution < -0.4 is 0 Å². The molecule has 0 amide bonds. The van der Waals surface area contributed by atoms with Crippen molar-refractivity contribution in [1.82, 2.24) is 0 Å². The topological polar surface area (TPSA) is 41.8 Å². The summed E-state index contributed by atoms with van der Waals surface area (Å²) in [5.41, 5.74) is 0. The summed E-state index contributed by atoms with van der Waals surface area (Å²) >= 11 is 0. The van der Waals surface area contributed by atoms with Crippen molar-refractivity contribution in [3.8, 4) is 0 Å². The van der Waals surface area contributed by atoms with Gasteiger partial charge in [0, 0.05) is 13.5 Å². The van der Waals surface area contributed by atoms with Gasteiger partial charge >= 0.3 is 0 Å². The third kappa shape index (κ3) is 3.82. The fraction of sp³-hybridized carbons (Fsp3) is 0.833. The van der Waals surface area contributed by atoms with E-state index in [1.54, 1.807) is 7.05 Å². The Bertz CT molecular complexity index is 110. The van der Waals surface area contributed by atoms with E-state index < -0.39 is 0 Å². The minimum atomic E-state index is 0.428. The van der Waals surface area contributed by atoms with Crippen molar-refractivity contribution < 1.29 is 0 Å². The van der Waals surface area contributed by atoms with Crippen LogP contribution >= 0.6 is 0 Å². The normalized spacial score (nSPS) is 11.6. The molecule has 0 spiro atoms. The highest BCUT2D eigenvalue weighted by Crippen LogP contribution is 1.96. The second-order valence-electron chi connectivity index (χ2n) is 1.83. The summed E-state index contributed by atoms with van der Waals surface area (Å²) in [6.45, 7) is 2.07. The highest BCUT2D eigenvalue weighted by molar-refractivity contribution is 5.82. The van der Waals surface area contributed by atoms with E-state index in [-0.39, 0.29) is 0 Å². The van der Waals surface area contributed by atoms with E-state index in [1.165, 1.54) is 0 Å². The van der Waals surface area contributed by atoms with Crippen molar-refractivity contribution in [3.05, 3.63) is 4.91 Å². The zero-order valence-corrected chi connectivity index (χ0v) is 5.92. The zero-order valence-electron chi connectivity index (χ0n) is 5.92. The summed E-state index contributed by atoms with van der Waals surface area (Å²) in [5, 5.41) is 2.74. The van der Waals surface area contributed by atoms with Gasteiger partial charge in [-0.15, -0.1) is 4.91 Å². The number of aliphatic imine (C=N–C) groups is 1. The van der Waals surface area contributed by atoms with Crippen molar-refractivity contribution in [2.45, 2.75) is 26.2 Å². The lowest BCUT2D eigenvalue weighted by atomic mass is 10.2. The van der Waals surface area contributed by atoms with Crippen molar-refractivity contribution in [1.29, 1.82) is 0 Å². The first-order valence-electron chi connectivity index (χ1n) is 3.14. The van der Waals surface area contributed by atoms with Crippen LogP contribution in [0, 0.1) is 4.91 Å². The summed E-state index contributed by atoms with van der Waals surface area (Å²) in [7, 11) is 1.59. The van der Waals surface area contributed by atoms with E-state index in [1.807, 2.05) is 0 Å². The number of amidine groups is 1. The van der Waals surface area contributed by atoms with Gasteiger partial charge in [-0.05, 0) is 11.6 Å². The molecule has 0 aromatic rings. The molecule has 0 aromatic heterocycles. The van der Waals surface area contributed by atoms with Crippen LogP contribution in [0.3, 0.4) is 0 Å². The summed E-state index contributed by atoms with van der Waals surface area (Å²) in [5.74, 6) is 0.428. The number of hydrogen-bond donors (Lipinski definition) is 0. The second-order valence-corrected chi connectivity index (χ2v) is 1.83. The van der Waals surface area contributed by atoms with Crippen molar-refractivity contribution in [2.75, 3.05) is 7.05 Å². The number of rotatable bonds is 3. The van der Waals surface area contributed by atoms with E-state index in [0.717, 1.165) is 19.3 Å². The molecule has 0 rings (SSSR count). The maximum atomic E-state index is 9.86. The van der Waals surface area contributed by atoms with Crippen molar-refractivity contribution >= 4 is 5.84 Å². The van der Waals surface area contributed by atoms with E-state index in [0.29, 0.717) is 5.84 Å². The lowest BCUT2D eigenvalue weighted by molar-refractivity contribution is 0.830. The van der Waals surface area contributed by atoms with Gasteiger partial charge in [0.2, 0.25) is 0 Å². The average Bonchev–Trinajstić information content (AvgIpc) is 1.91. The summed E-state index contributed by atoms with van der Waals surface area (Å²) in [4.78, 5) is 13.5. The lowest BCUT2D eigenvalue weighted by Crippen LogP contribution is -1.90. The Hall–Kier alpha value is -0.730. The third-order valence-corrected chi connectivity index (χ3v) is 1.12. The molecule has 52 valence electrons. The average molecular weight is 128 g/mol. The van der Waals surface area contributed by atoms with Gasteiger partial charge in [-0.25, -0.2) is 0 Å². The van der Waals surface area contributed by atoms with Crippen LogP contribution in [0.4, 0.5) is 0 Å². The first-order chi connectivity index (χ1) is 4.35. The monoisotopic (exact) mass is 128 g/mol. The third-order valence-electron chi connectivity index (χ3n) is 1.12. The molecule has 0 unspecified atom stereocenters. The summed E-state index contributed by atoms with van der Waals surface area (Å²) < 4.78 is 0. The van der Waals surface area contributed by atoms with E-state index in [2.05, 4.69) is 17.1 Å². The SMILES string of the molecule is CCCCC(N=O)=NC. The minimum absolute atomic E-state index is 0.428. The van der Waals surface area contributed by atoms with Gasteiger partial charge in [-0.1, -0.05) is 13.3 Å². The Morgan fingerprint density at radius 2 is 2.22 bits per heavy atom. The van der Waals surface area contributed by atoms with Gasteiger partial charge in [-0.2, -0.15) is 0 Å². The maximum absolute atomic E-state index is 9.86. The summed E-state index contributed by atoms with van der Waals surface area (Å²) in [6, 6.07) is 0. The molecular weight excluding hydrogens is 116 g/mol. The molecule has 0 saturated heterocycles. The van der Waals surface area contributed by atoms with Gasteiger partial charge in [0.15, 0.2) is 5.84 Å². The predicted octanol–water partition coefficient (Wildman–Crippen LogP) is 1.97. The first-order valence-corrected chi connectivity index (χ1v) is 3.14. The lowest BCUT2D eigenvalue weighted by Gasteiger charge is -1.90. The minimum Gasteiger partial charge on any atom is -0.271 e. The van der Waals surface area contributed by atoms with Gasteiger partial charge in [0.25, 0.3) is 0 Å². The van der Waals surface area contributed by atoms with Crippen LogP contribution in [0.1, 0.15) is 26.2 Å². The molecule has 0 aliphatic heterocycles. The van der Waals surface area contributed by atoms with Crippen LogP contribution in [0.25, 0.3) is 0 Å². The number of unbranched alkanes of at least 4 members (excludes halogenated alkanes) is 1. The van der Waals surface area contributed by atoms with Crippen LogP contribution in [-0.2, 0) is 0 Å². The Kier molecular flexibility index (Phi) is 4.97. The summed E-state index contributed by atoms with van der Waals surface area (Å²) in [6.07, 6.45) is 2.80. The number of nitroso groups, excluding NO2 is 1. The zero-order chi connectivity index (χ0) is 7.11. The molecule has 0 atom stereocenters. The Labute approximate surface area is 55.2 Å². The molecule has 0 N–H and O–H groups in total. The quantitative estimate of drug-likeness (QED) is 0.325. The molecule has 0 bridgehead atoms. The Morgan fingerprint density at radius 3 is 2.56 bits per heavy atom. The maximum Gasteiger partial charge on any atom is 0.167 e. The number of nitrogens with zero attached hydrogens (tertiary/aromatic N) is 2. The molecule has 9 heavy (non-hydrogen) atoms. The standard InChI is InChI=1S/C6H12N2O/c1-3-4-5-6(7-2)8-9/h3-5H2,1-2H3. The Morgan fingerprint density at radius 1 is 1.56 bits per heavy atom. The molecule has 3 nitrogen and oxygen atoms in total. The predicted molar refractivity (Wildman–Crippen MR) is 38.7 cm³/mol. The molecule has 0 radical (unpaired) electrons. The molecule has 0 fully saturated rings. The van der Waals surface area contributed by atoms with Gasteiger partial charge < -0.3 is 0 Å². The molecule has 0 aliphatic rings. The van der Waals surface area contributed by atoms with Gasteiger partial charge in [-0.3, -0.25) is 4.99 Å². The Balaban J connectivity index is 3.45. The molecule has 0 heterocycles. The van der Waals surface area contributed by atoms with Crippen molar-refractivity contribution in [2.24, 2.45) is 10.2 Å². The van der Waals surface area contributed by atoms with Gasteiger partial charge in [0.05, 0.1) is 0 Å². The largest absolute Gasteiger partial charge is 0.271 e. The molecule has 0 saturated carbocycles. The number of hydrogen-bond acceptors (Lipinski definition) is 2.